The molecule has 0 aliphatic carbocycles. The highest BCUT2D eigenvalue weighted by Gasteiger charge is 2.26. The number of halogens is 3. The van der Waals surface area contributed by atoms with Gasteiger partial charge in [-0.1, -0.05) is 0 Å². The van der Waals surface area contributed by atoms with E-state index in [1.807, 2.05) is 12.1 Å². The molecular formula is C13H20F3NOS. The Labute approximate surface area is 116 Å². The summed E-state index contributed by atoms with van der Waals surface area (Å²) in [5.41, 5.74) is 0.0490. The van der Waals surface area contributed by atoms with Gasteiger partial charge in [-0.2, -0.15) is 13.2 Å². The Hall–Kier alpha value is -0.590. The Morgan fingerprint density at radius 2 is 1.79 bits per heavy atom. The van der Waals surface area contributed by atoms with Crippen molar-refractivity contribution < 1.29 is 17.9 Å². The van der Waals surface area contributed by atoms with E-state index in [1.165, 1.54) is 0 Å². The van der Waals surface area contributed by atoms with Crippen LogP contribution in [0.15, 0.2) is 12.1 Å². The zero-order chi connectivity index (χ0) is 14.5. The smallest absolute Gasteiger partial charge is 0.376 e. The molecule has 19 heavy (non-hydrogen) atoms. The van der Waals surface area contributed by atoms with E-state index in [-0.39, 0.29) is 18.8 Å². The predicted molar refractivity (Wildman–Crippen MR) is 71.2 cm³/mol. The van der Waals surface area contributed by atoms with E-state index >= 15 is 0 Å². The molecular weight excluding hydrogens is 275 g/mol. The summed E-state index contributed by atoms with van der Waals surface area (Å²) >= 11 is 1.56. The van der Waals surface area contributed by atoms with Gasteiger partial charge in [-0.25, -0.2) is 0 Å². The van der Waals surface area contributed by atoms with E-state index in [9.17, 15) is 13.2 Å². The first kappa shape index (κ1) is 16.5. The van der Waals surface area contributed by atoms with E-state index in [1.54, 1.807) is 11.3 Å². The lowest BCUT2D eigenvalue weighted by atomic mass is 10.1. The zero-order valence-corrected chi connectivity index (χ0v) is 12.3. The van der Waals surface area contributed by atoms with Crippen molar-refractivity contribution in [3.05, 3.63) is 21.9 Å². The van der Waals surface area contributed by atoms with E-state index in [0.717, 1.165) is 16.3 Å². The molecule has 1 aromatic rings. The molecule has 0 atom stereocenters. The van der Waals surface area contributed by atoms with Crippen LogP contribution in [0, 0.1) is 0 Å². The maximum atomic E-state index is 11.9. The summed E-state index contributed by atoms with van der Waals surface area (Å²) < 4.78 is 40.8. The van der Waals surface area contributed by atoms with Gasteiger partial charge in [0, 0.05) is 21.8 Å². The second-order valence-electron chi connectivity index (χ2n) is 5.39. The molecule has 0 saturated heterocycles. The van der Waals surface area contributed by atoms with Crippen LogP contribution >= 0.6 is 11.3 Å². The summed E-state index contributed by atoms with van der Waals surface area (Å²) in [5, 5.41) is 3.36. The van der Waals surface area contributed by atoms with Crippen LogP contribution in [0.25, 0.3) is 0 Å². The highest BCUT2D eigenvalue weighted by atomic mass is 32.1. The largest absolute Gasteiger partial charge is 0.391 e. The van der Waals surface area contributed by atoms with Gasteiger partial charge in [-0.3, -0.25) is 0 Å². The van der Waals surface area contributed by atoms with Crippen molar-refractivity contribution in [2.24, 2.45) is 0 Å². The third-order valence-corrected chi connectivity index (χ3v) is 3.34. The van der Waals surface area contributed by atoms with E-state index < -0.39 is 12.6 Å². The van der Waals surface area contributed by atoms with Crippen LogP contribution in [-0.4, -0.2) is 18.3 Å². The van der Waals surface area contributed by atoms with Gasteiger partial charge in [-0.15, -0.1) is 11.3 Å². The van der Waals surface area contributed by atoms with Gasteiger partial charge in [0.05, 0.1) is 19.6 Å². The summed E-state index contributed by atoms with van der Waals surface area (Å²) in [6.45, 7) is 6.98. The van der Waals surface area contributed by atoms with Gasteiger partial charge in [-0.05, 0) is 32.9 Å². The quantitative estimate of drug-likeness (QED) is 0.798. The molecule has 0 aliphatic rings. The maximum absolute atomic E-state index is 11.9. The fourth-order valence-corrected chi connectivity index (χ4v) is 2.20. The number of alkyl halides is 3. The first-order chi connectivity index (χ1) is 8.66. The van der Waals surface area contributed by atoms with E-state index in [4.69, 9.17) is 4.74 Å². The van der Waals surface area contributed by atoms with Gasteiger partial charge in [0.2, 0.25) is 0 Å². The Morgan fingerprint density at radius 3 is 2.37 bits per heavy atom. The molecule has 0 aromatic carbocycles. The van der Waals surface area contributed by atoms with E-state index in [0.29, 0.717) is 0 Å². The molecule has 0 spiro atoms. The molecule has 0 amide bonds. The summed E-state index contributed by atoms with van der Waals surface area (Å²) in [5.74, 6) is 0. The topological polar surface area (TPSA) is 21.3 Å². The van der Waals surface area contributed by atoms with Crippen LogP contribution in [0.4, 0.5) is 13.2 Å². The van der Waals surface area contributed by atoms with Crippen LogP contribution in [-0.2, 0) is 17.9 Å². The van der Waals surface area contributed by atoms with Crippen molar-refractivity contribution in [2.75, 3.05) is 6.61 Å². The second kappa shape index (κ2) is 6.72. The molecule has 1 N–H and O–H groups in total. The van der Waals surface area contributed by atoms with Crippen molar-refractivity contribution in [1.82, 2.24) is 5.32 Å². The maximum Gasteiger partial charge on any atom is 0.391 e. The van der Waals surface area contributed by atoms with Crippen LogP contribution in [0.1, 0.15) is 36.9 Å². The molecule has 2 nitrogen and oxygen atoms in total. The zero-order valence-electron chi connectivity index (χ0n) is 11.4. The summed E-state index contributed by atoms with van der Waals surface area (Å²) in [6, 6.07) is 3.88. The Balaban J connectivity index is 2.27. The van der Waals surface area contributed by atoms with Gasteiger partial charge in [0.1, 0.15) is 0 Å². The normalized spacial score (nSPS) is 12.9. The van der Waals surface area contributed by atoms with Gasteiger partial charge in [0.15, 0.2) is 0 Å². The number of hydrogen-bond donors (Lipinski definition) is 1. The molecule has 0 saturated carbocycles. The van der Waals surface area contributed by atoms with Crippen molar-refractivity contribution >= 4 is 11.3 Å². The highest BCUT2D eigenvalue weighted by molar-refractivity contribution is 7.11. The lowest BCUT2D eigenvalue weighted by Gasteiger charge is -2.19. The SMILES string of the molecule is CC(C)(C)NCc1ccc(COCCC(F)(F)F)s1. The Kier molecular flexibility index (Phi) is 5.82. The minimum Gasteiger partial charge on any atom is -0.376 e. The molecule has 110 valence electrons. The number of thiophene rings is 1. The molecule has 0 radical (unpaired) electrons. The molecule has 1 aromatic heterocycles. The van der Waals surface area contributed by atoms with Crippen LogP contribution < -0.4 is 5.32 Å². The highest BCUT2D eigenvalue weighted by Crippen LogP contribution is 2.21. The third kappa shape index (κ3) is 8.23. The first-order valence-corrected chi connectivity index (χ1v) is 6.94. The Bertz CT molecular complexity index is 382. The molecule has 1 heterocycles. The van der Waals surface area contributed by atoms with Crippen LogP contribution in [0.2, 0.25) is 0 Å². The van der Waals surface area contributed by atoms with Crippen molar-refractivity contribution in [2.45, 2.75) is 52.1 Å². The molecule has 1 rings (SSSR count). The van der Waals surface area contributed by atoms with Crippen molar-refractivity contribution in [1.29, 1.82) is 0 Å². The number of hydrogen-bond acceptors (Lipinski definition) is 3. The van der Waals surface area contributed by atoms with E-state index in [2.05, 4.69) is 26.1 Å². The number of ether oxygens (including phenoxy) is 1. The minimum absolute atomic E-state index is 0.0490. The molecule has 0 aliphatic heterocycles. The summed E-state index contributed by atoms with van der Waals surface area (Å²) in [4.78, 5) is 2.11. The fourth-order valence-electron chi connectivity index (χ4n) is 1.31. The monoisotopic (exact) mass is 295 g/mol. The lowest BCUT2D eigenvalue weighted by Crippen LogP contribution is -2.34. The second-order valence-corrected chi connectivity index (χ2v) is 6.64. The molecule has 0 bridgehead atoms. The van der Waals surface area contributed by atoms with Crippen LogP contribution in [0.5, 0.6) is 0 Å². The number of nitrogens with one attached hydrogen (secondary N) is 1. The minimum atomic E-state index is -4.14. The number of rotatable bonds is 6. The van der Waals surface area contributed by atoms with Gasteiger partial charge in [0.25, 0.3) is 0 Å². The Morgan fingerprint density at radius 1 is 1.16 bits per heavy atom. The third-order valence-electron chi connectivity index (χ3n) is 2.28. The van der Waals surface area contributed by atoms with Crippen molar-refractivity contribution in [3.8, 4) is 0 Å². The average molecular weight is 295 g/mol. The fraction of sp³-hybridized carbons (Fsp3) is 0.692. The molecule has 0 unspecified atom stereocenters. The lowest BCUT2D eigenvalue weighted by molar-refractivity contribution is -0.145. The van der Waals surface area contributed by atoms with Gasteiger partial charge >= 0.3 is 6.18 Å². The summed E-state index contributed by atoms with van der Waals surface area (Å²) in [6.07, 6.45) is -5.03. The standard InChI is InChI=1S/C13H20F3NOS/c1-12(2,3)17-8-10-4-5-11(19-10)9-18-7-6-13(14,15)16/h4-5,17H,6-9H2,1-3H3. The average Bonchev–Trinajstić information content (AvgIpc) is 2.67. The molecule has 6 heteroatoms. The first-order valence-electron chi connectivity index (χ1n) is 6.13. The predicted octanol–water partition coefficient (Wildman–Crippen LogP) is 4.11. The van der Waals surface area contributed by atoms with Crippen molar-refractivity contribution in [3.63, 3.8) is 0 Å². The van der Waals surface area contributed by atoms with Gasteiger partial charge < -0.3 is 10.1 Å². The summed E-state index contributed by atoms with van der Waals surface area (Å²) in [7, 11) is 0. The molecule has 0 fully saturated rings. The van der Waals surface area contributed by atoms with Crippen LogP contribution in [0.3, 0.4) is 0 Å².